The molecule has 2 heterocycles. The van der Waals surface area contributed by atoms with Crippen molar-refractivity contribution in [3.8, 4) is 0 Å². The number of nitrogens with two attached hydrogens (primary N) is 1. The van der Waals surface area contributed by atoms with E-state index in [0.29, 0.717) is 50.0 Å². The summed E-state index contributed by atoms with van der Waals surface area (Å²) in [5, 5.41) is 7.48. The SMILES string of the molecule is CC(C)(C)OC(=O)COC1CCN(C(=O)[C@@H]2CCCN2C(=O)c2ccc(C(=N)N)cc2)CC1. The molecule has 33 heavy (non-hydrogen) atoms. The van der Waals surface area contributed by atoms with Crippen molar-refractivity contribution in [3.63, 3.8) is 0 Å². The second-order valence-corrected chi connectivity index (χ2v) is 9.57. The minimum Gasteiger partial charge on any atom is -0.458 e. The average molecular weight is 459 g/mol. The van der Waals surface area contributed by atoms with Crippen molar-refractivity contribution >= 4 is 23.6 Å². The van der Waals surface area contributed by atoms with Crippen LogP contribution in [0.2, 0.25) is 0 Å². The zero-order chi connectivity index (χ0) is 24.2. The lowest BCUT2D eigenvalue weighted by Crippen LogP contribution is -2.50. The molecular weight excluding hydrogens is 424 g/mol. The summed E-state index contributed by atoms with van der Waals surface area (Å²) in [5.74, 6) is -0.664. The van der Waals surface area contributed by atoms with Gasteiger partial charge in [-0.3, -0.25) is 15.0 Å². The highest BCUT2D eigenvalue weighted by Gasteiger charge is 2.38. The van der Waals surface area contributed by atoms with Gasteiger partial charge in [0.2, 0.25) is 5.91 Å². The molecule has 1 atom stereocenters. The second kappa shape index (κ2) is 10.3. The molecule has 3 rings (SSSR count). The first-order valence-electron chi connectivity index (χ1n) is 11.4. The highest BCUT2D eigenvalue weighted by Crippen LogP contribution is 2.24. The van der Waals surface area contributed by atoms with E-state index in [1.54, 1.807) is 34.1 Å². The fraction of sp³-hybridized carbons (Fsp3) is 0.583. The number of esters is 1. The van der Waals surface area contributed by atoms with Gasteiger partial charge < -0.3 is 25.0 Å². The predicted octanol–water partition coefficient (Wildman–Crippen LogP) is 1.92. The normalized spacial score (nSPS) is 19.4. The molecule has 1 aromatic rings. The van der Waals surface area contributed by atoms with Crippen LogP contribution in [0.4, 0.5) is 0 Å². The van der Waals surface area contributed by atoms with E-state index in [4.69, 9.17) is 20.6 Å². The van der Waals surface area contributed by atoms with Crippen LogP contribution in [-0.4, -0.2) is 77.4 Å². The maximum Gasteiger partial charge on any atom is 0.332 e. The maximum atomic E-state index is 13.2. The number of nitrogen functional groups attached to an aromatic ring is 1. The number of benzene rings is 1. The molecule has 2 saturated heterocycles. The summed E-state index contributed by atoms with van der Waals surface area (Å²) in [7, 11) is 0. The number of amidine groups is 1. The molecule has 9 heteroatoms. The van der Waals surface area contributed by atoms with E-state index in [9.17, 15) is 14.4 Å². The van der Waals surface area contributed by atoms with E-state index >= 15 is 0 Å². The van der Waals surface area contributed by atoms with Gasteiger partial charge in [-0.15, -0.1) is 0 Å². The van der Waals surface area contributed by atoms with Gasteiger partial charge in [0.1, 0.15) is 24.1 Å². The van der Waals surface area contributed by atoms with Crippen LogP contribution < -0.4 is 5.73 Å². The number of carbonyl (C=O) groups is 3. The number of hydrogen-bond donors (Lipinski definition) is 2. The van der Waals surface area contributed by atoms with E-state index in [1.807, 2.05) is 20.8 Å². The molecule has 0 saturated carbocycles. The van der Waals surface area contributed by atoms with Crippen molar-refractivity contribution < 1.29 is 23.9 Å². The van der Waals surface area contributed by atoms with E-state index in [0.717, 1.165) is 6.42 Å². The third-order valence-electron chi connectivity index (χ3n) is 5.85. The zero-order valence-electron chi connectivity index (χ0n) is 19.6. The third kappa shape index (κ3) is 6.54. The first-order valence-corrected chi connectivity index (χ1v) is 11.4. The van der Waals surface area contributed by atoms with E-state index in [-0.39, 0.29) is 30.4 Å². The largest absolute Gasteiger partial charge is 0.458 e. The number of piperidine rings is 1. The van der Waals surface area contributed by atoms with Gasteiger partial charge in [-0.05, 0) is 58.6 Å². The molecule has 0 aromatic heterocycles. The van der Waals surface area contributed by atoms with Gasteiger partial charge in [-0.25, -0.2) is 4.79 Å². The Labute approximate surface area is 194 Å². The molecule has 0 bridgehead atoms. The Bertz CT molecular complexity index is 885. The van der Waals surface area contributed by atoms with Crippen LogP contribution in [0, 0.1) is 5.41 Å². The summed E-state index contributed by atoms with van der Waals surface area (Å²) < 4.78 is 10.9. The Morgan fingerprint density at radius 1 is 1.03 bits per heavy atom. The zero-order valence-corrected chi connectivity index (χ0v) is 19.6. The Hall–Kier alpha value is -2.94. The highest BCUT2D eigenvalue weighted by molar-refractivity contribution is 6.00. The number of likely N-dealkylation sites (tertiary alicyclic amines) is 2. The molecule has 2 amide bonds. The van der Waals surface area contributed by atoms with Gasteiger partial charge in [0.15, 0.2) is 0 Å². The monoisotopic (exact) mass is 458 g/mol. The number of carbonyl (C=O) groups excluding carboxylic acids is 3. The van der Waals surface area contributed by atoms with Crippen molar-refractivity contribution in [3.05, 3.63) is 35.4 Å². The predicted molar refractivity (Wildman–Crippen MR) is 123 cm³/mol. The summed E-state index contributed by atoms with van der Waals surface area (Å²) in [5.41, 5.74) is 5.97. The Kier molecular flexibility index (Phi) is 7.73. The van der Waals surface area contributed by atoms with Gasteiger partial charge in [0.25, 0.3) is 5.91 Å². The molecule has 0 radical (unpaired) electrons. The van der Waals surface area contributed by atoms with Crippen LogP contribution >= 0.6 is 0 Å². The van der Waals surface area contributed by atoms with Crippen molar-refractivity contribution in [2.24, 2.45) is 5.73 Å². The number of nitrogens with one attached hydrogen (secondary N) is 1. The average Bonchev–Trinajstić information content (AvgIpc) is 3.26. The van der Waals surface area contributed by atoms with Crippen molar-refractivity contribution in [1.82, 2.24) is 9.80 Å². The maximum absolute atomic E-state index is 13.2. The number of hydrogen-bond acceptors (Lipinski definition) is 6. The number of rotatable bonds is 6. The fourth-order valence-corrected chi connectivity index (χ4v) is 4.24. The quantitative estimate of drug-likeness (QED) is 0.381. The summed E-state index contributed by atoms with van der Waals surface area (Å²) in [6, 6.07) is 6.11. The molecule has 0 spiro atoms. The molecule has 1 aromatic carbocycles. The second-order valence-electron chi connectivity index (χ2n) is 9.57. The van der Waals surface area contributed by atoms with Gasteiger partial charge in [0.05, 0.1) is 6.10 Å². The van der Waals surface area contributed by atoms with Crippen LogP contribution in [0.5, 0.6) is 0 Å². The number of ether oxygens (including phenoxy) is 2. The first kappa shape index (κ1) is 24.7. The third-order valence-corrected chi connectivity index (χ3v) is 5.85. The van der Waals surface area contributed by atoms with Gasteiger partial charge in [0, 0.05) is 30.8 Å². The van der Waals surface area contributed by atoms with Crippen LogP contribution in [0.25, 0.3) is 0 Å². The number of amides is 2. The summed E-state index contributed by atoms with van der Waals surface area (Å²) in [4.78, 5) is 41.5. The lowest BCUT2D eigenvalue weighted by Gasteiger charge is -2.35. The van der Waals surface area contributed by atoms with E-state index < -0.39 is 17.6 Å². The Morgan fingerprint density at radius 2 is 1.64 bits per heavy atom. The molecule has 2 aliphatic rings. The van der Waals surface area contributed by atoms with Gasteiger partial charge in [-0.1, -0.05) is 12.1 Å². The first-order chi connectivity index (χ1) is 15.5. The molecule has 2 fully saturated rings. The topological polar surface area (TPSA) is 126 Å². The van der Waals surface area contributed by atoms with Crippen molar-refractivity contribution in [1.29, 1.82) is 5.41 Å². The smallest absolute Gasteiger partial charge is 0.332 e. The van der Waals surface area contributed by atoms with E-state index in [1.165, 1.54) is 0 Å². The molecular formula is C24H34N4O5. The van der Waals surface area contributed by atoms with Gasteiger partial charge in [-0.2, -0.15) is 0 Å². The Balaban J connectivity index is 1.52. The molecule has 180 valence electrons. The molecule has 0 aliphatic carbocycles. The van der Waals surface area contributed by atoms with Crippen LogP contribution in [0.15, 0.2) is 24.3 Å². The van der Waals surface area contributed by atoms with Gasteiger partial charge >= 0.3 is 5.97 Å². The fourth-order valence-electron chi connectivity index (χ4n) is 4.24. The minimum atomic E-state index is -0.545. The molecule has 9 nitrogen and oxygen atoms in total. The molecule has 0 unspecified atom stereocenters. The van der Waals surface area contributed by atoms with Crippen molar-refractivity contribution in [2.75, 3.05) is 26.2 Å². The summed E-state index contributed by atoms with van der Waals surface area (Å²) in [6.07, 6.45) is 2.61. The number of nitrogens with zero attached hydrogens (tertiary/aromatic N) is 2. The molecule has 2 aliphatic heterocycles. The highest BCUT2D eigenvalue weighted by atomic mass is 16.6. The van der Waals surface area contributed by atoms with Crippen LogP contribution in [-0.2, 0) is 19.1 Å². The van der Waals surface area contributed by atoms with Crippen molar-refractivity contribution in [2.45, 2.75) is 64.2 Å². The summed E-state index contributed by atoms with van der Waals surface area (Å²) in [6.45, 7) is 6.95. The lowest BCUT2D eigenvalue weighted by atomic mass is 10.1. The standard InChI is InChI=1S/C24H34N4O5/c1-24(2,3)33-20(29)15-32-18-10-13-27(14-11-18)23(31)19-5-4-12-28(19)22(30)17-8-6-16(7-9-17)21(25)26/h6-9,18-19H,4-5,10-15H2,1-3H3,(H3,25,26)/t19-/m0/s1. The lowest BCUT2D eigenvalue weighted by molar-refractivity contribution is -0.163. The summed E-state index contributed by atoms with van der Waals surface area (Å²) >= 11 is 0. The van der Waals surface area contributed by atoms with E-state index in [2.05, 4.69) is 0 Å². The van der Waals surface area contributed by atoms with Crippen LogP contribution in [0.1, 0.15) is 62.4 Å². The minimum absolute atomic E-state index is 0.0354. The molecule has 3 N–H and O–H groups in total. The Morgan fingerprint density at radius 3 is 2.21 bits per heavy atom. The van der Waals surface area contributed by atoms with Crippen LogP contribution in [0.3, 0.4) is 0 Å².